The summed E-state index contributed by atoms with van der Waals surface area (Å²) in [7, 11) is 3.07. The van der Waals surface area contributed by atoms with E-state index in [4.69, 9.17) is 19.9 Å². The van der Waals surface area contributed by atoms with E-state index in [1.807, 2.05) is 6.07 Å². The van der Waals surface area contributed by atoms with Crippen LogP contribution in [0.15, 0.2) is 48.7 Å². The Kier molecular flexibility index (Phi) is 7.87. The third kappa shape index (κ3) is 5.33. The number of primary amides is 1. The number of carbonyl (C=O) groups is 1. The summed E-state index contributed by atoms with van der Waals surface area (Å²) in [4.78, 5) is 16.1. The number of methoxy groups -OCH3 is 2. The van der Waals surface area contributed by atoms with Gasteiger partial charge in [0.05, 0.1) is 31.3 Å². The van der Waals surface area contributed by atoms with Gasteiger partial charge in [-0.2, -0.15) is 0 Å². The maximum absolute atomic E-state index is 14.5. The number of ether oxygens (including phenoxy) is 3. The number of anilines is 1. The van der Waals surface area contributed by atoms with E-state index >= 15 is 0 Å². The van der Waals surface area contributed by atoms with Crippen LogP contribution in [0.1, 0.15) is 23.3 Å². The molecule has 2 heterocycles. The first-order valence-corrected chi connectivity index (χ1v) is 10.4. The molecule has 0 spiro atoms. The van der Waals surface area contributed by atoms with Crippen molar-refractivity contribution in [3.63, 3.8) is 0 Å². The van der Waals surface area contributed by atoms with E-state index in [2.05, 4.69) is 15.4 Å². The van der Waals surface area contributed by atoms with E-state index in [0.717, 1.165) is 11.1 Å². The Labute approximate surface area is 202 Å². The number of amides is 1. The summed E-state index contributed by atoms with van der Waals surface area (Å²) in [5, 5.41) is 7.78. The minimum absolute atomic E-state index is 0. The number of rotatable bonds is 9. The molecule has 3 N–H and O–H groups in total. The second kappa shape index (κ2) is 10.8. The van der Waals surface area contributed by atoms with Gasteiger partial charge in [-0.1, -0.05) is 13.5 Å². The second-order valence-electron chi connectivity index (χ2n) is 7.49. The third-order valence-electron chi connectivity index (χ3n) is 5.21. The fraction of sp³-hybridized carbons (Fsp3) is 0.240. The number of halogens is 1. The molecule has 0 unspecified atom stereocenters. The molecule has 4 rings (SSSR count). The molecule has 0 saturated carbocycles. The van der Waals surface area contributed by atoms with Crippen LogP contribution in [0.5, 0.6) is 17.4 Å². The van der Waals surface area contributed by atoms with Crippen molar-refractivity contribution in [3.8, 4) is 28.6 Å². The summed E-state index contributed by atoms with van der Waals surface area (Å²) < 4.78 is 32.0. The number of hydrogen-bond donors (Lipinski definition) is 2. The second-order valence-corrected chi connectivity index (χ2v) is 7.49. The highest BCUT2D eigenvalue weighted by Crippen LogP contribution is 2.31. The van der Waals surface area contributed by atoms with Gasteiger partial charge in [-0.15, -0.1) is 5.10 Å². The van der Waals surface area contributed by atoms with Gasteiger partial charge in [-0.25, -0.2) is 13.9 Å². The number of nitrogens with two attached hydrogens (primary N) is 1. The van der Waals surface area contributed by atoms with Gasteiger partial charge in [0.2, 0.25) is 11.8 Å². The maximum Gasteiger partial charge on any atom is 0.248 e. The fourth-order valence-corrected chi connectivity index (χ4v) is 3.51. The van der Waals surface area contributed by atoms with Crippen molar-refractivity contribution in [2.75, 3.05) is 32.7 Å². The van der Waals surface area contributed by atoms with E-state index < -0.39 is 11.7 Å². The Bertz CT molecular complexity index is 1360. The summed E-state index contributed by atoms with van der Waals surface area (Å²) in [5.41, 5.74) is 9.21. The molecular weight excluding hydrogens is 453 g/mol. The molecule has 2 aromatic carbocycles. The molecular formula is C25H28FN5O4. The van der Waals surface area contributed by atoms with Crippen LogP contribution < -0.4 is 20.5 Å². The first-order chi connectivity index (χ1) is 16.4. The van der Waals surface area contributed by atoms with Crippen molar-refractivity contribution in [2.24, 2.45) is 5.73 Å². The van der Waals surface area contributed by atoms with Gasteiger partial charge in [-0.05, 0) is 36.8 Å². The molecule has 9 nitrogen and oxygen atoms in total. The number of aryl methyl sites for hydroxylation is 1. The van der Waals surface area contributed by atoms with Crippen LogP contribution in [0, 0.1) is 12.7 Å². The minimum atomic E-state index is -0.585. The SMILES string of the molecule is C.COCCNc1cc(Oc2ccc(OC)cc2F)nn2c(-c3ccc(C(N)=O)c(C)c3)cnc12. The van der Waals surface area contributed by atoms with Gasteiger partial charge in [0.15, 0.2) is 17.2 Å². The topological polar surface area (TPSA) is 113 Å². The highest BCUT2D eigenvalue weighted by Gasteiger charge is 2.16. The lowest BCUT2D eigenvalue weighted by molar-refractivity contribution is 0.0999. The Balaban J connectivity index is 0.00000342. The van der Waals surface area contributed by atoms with E-state index in [-0.39, 0.29) is 19.1 Å². The molecule has 0 aliphatic carbocycles. The van der Waals surface area contributed by atoms with E-state index in [1.165, 1.54) is 19.2 Å². The lowest BCUT2D eigenvalue weighted by Gasteiger charge is -2.12. The van der Waals surface area contributed by atoms with Crippen molar-refractivity contribution in [1.29, 1.82) is 0 Å². The number of carbonyl (C=O) groups excluding carboxylic acids is 1. The number of nitrogens with zero attached hydrogens (tertiary/aromatic N) is 3. The van der Waals surface area contributed by atoms with Gasteiger partial charge in [0.25, 0.3) is 0 Å². The number of aromatic nitrogens is 3. The van der Waals surface area contributed by atoms with Crippen molar-refractivity contribution in [1.82, 2.24) is 14.6 Å². The fourth-order valence-electron chi connectivity index (χ4n) is 3.51. The van der Waals surface area contributed by atoms with Crippen molar-refractivity contribution < 1.29 is 23.4 Å². The standard InChI is InChI=1S/C24H24FN5O4.CH4/c1-14-10-15(4-6-17(14)23(26)31)20-13-28-24-19(27-8-9-32-2)12-22(29-30(20)24)34-21-7-5-16(33-3)11-18(21)25;/h4-7,10-13,27H,8-9H2,1-3H3,(H2,26,31);1H4. The Morgan fingerprint density at radius 1 is 1.17 bits per heavy atom. The molecule has 4 aromatic rings. The van der Waals surface area contributed by atoms with Gasteiger partial charge >= 0.3 is 0 Å². The van der Waals surface area contributed by atoms with Crippen LogP contribution in [-0.2, 0) is 4.74 Å². The van der Waals surface area contributed by atoms with Crippen molar-refractivity contribution in [2.45, 2.75) is 14.4 Å². The van der Waals surface area contributed by atoms with Crippen LogP contribution in [0.2, 0.25) is 0 Å². The van der Waals surface area contributed by atoms with Gasteiger partial charge < -0.3 is 25.3 Å². The first-order valence-electron chi connectivity index (χ1n) is 10.4. The highest BCUT2D eigenvalue weighted by molar-refractivity contribution is 5.94. The largest absolute Gasteiger partial charge is 0.497 e. The average Bonchev–Trinajstić information content (AvgIpc) is 3.24. The Morgan fingerprint density at radius 2 is 1.97 bits per heavy atom. The van der Waals surface area contributed by atoms with Gasteiger partial charge in [0.1, 0.15) is 5.75 Å². The molecule has 0 radical (unpaired) electrons. The molecule has 0 aliphatic rings. The molecule has 1 amide bonds. The summed E-state index contributed by atoms with van der Waals surface area (Å²) in [6, 6.07) is 11.2. The average molecular weight is 482 g/mol. The molecule has 35 heavy (non-hydrogen) atoms. The smallest absolute Gasteiger partial charge is 0.248 e. The predicted molar refractivity (Wildman–Crippen MR) is 132 cm³/mol. The molecule has 184 valence electrons. The molecule has 10 heteroatoms. The molecule has 0 atom stereocenters. The zero-order valence-electron chi connectivity index (χ0n) is 19.0. The van der Waals surface area contributed by atoms with Crippen molar-refractivity contribution in [3.05, 3.63) is 65.6 Å². The third-order valence-corrected chi connectivity index (χ3v) is 5.21. The highest BCUT2D eigenvalue weighted by atomic mass is 19.1. The van der Waals surface area contributed by atoms with Crippen LogP contribution >= 0.6 is 0 Å². The summed E-state index contributed by atoms with van der Waals surface area (Å²) >= 11 is 0. The molecule has 2 aromatic heterocycles. The number of imidazole rings is 1. The molecule has 0 fully saturated rings. The Hall–Kier alpha value is -4.18. The monoisotopic (exact) mass is 481 g/mol. The molecule has 0 aliphatic heterocycles. The summed E-state index contributed by atoms with van der Waals surface area (Å²) in [6.45, 7) is 2.79. The number of hydrogen-bond acceptors (Lipinski definition) is 7. The molecule has 0 saturated heterocycles. The summed E-state index contributed by atoms with van der Waals surface area (Å²) in [5.74, 6) is -0.553. The van der Waals surface area contributed by atoms with E-state index in [0.29, 0.717) is 41.5 Å². The quantitative estimate of drug-likeness (QED) is 0.340. The van der Waals surface area contributed by atoms with Gasteiger partial charge in [-0.3, -0.25) is 4.79 Å². The first kappa shape index (κ1) is 25.4. The van der Waals surface area contributed by atoms with Gasteiger partial charge in [0, 0.05) is 36.9 Å². The van der Waals surface area contributed by atoms with Crippen LogP contribution in [0.3, 0.4) is 0 Å². The van der Waals surface area contributed by atoms with Crippen LogP contribution in [-0.4, -0.2) is 47.9 Å². The number of nitrogens with one attached hydrogen (secondary N) is 1. The predicted octanol–water partition coefficient (Wildman–Crippen LogP) is 4.44. The Morgan fingerprint density at radius 3 is 2.63 bits per heavy atom. The molecule has 0 bridgehead atoms. The number of fused-ring (bicyclic) bond motifs is 1. The lowest BCUT2D eigenvalue weighted by Crippen LogP contribution is -2.12. The lowest BCUT2D eigenvalue weighted by atomic mass is 10.0. The van der Waals surface area contributed by atoms with E-state index in [9.17, 15) is 9.18 Å². The maximum atomic E-state index is 14.5. The zero-order valence-corrected chi connectivity index (χ0v) is 19.0. The van der Waals surface area contributed by atoms with Crippen LogP contribution in [0.25, 0.3) is 16.9 Å². The van der Waals surface area contributed by atoms with Crippen molar-refractivity contribution >= 4 is 17.2 Å². The minimum Gasteiger partial charge on any atom is -0.497 e. The number of benzene rings is 2. The van der Waals surface area contributed by atoms with Crippen LogP contribution in [0.4, 0.5) is 10.1 Å². The zero-order chi connectivity index (χ0) is 24.2. The normalized spacial score (nSPS) is 10.6. The summed E-state index contributed by atoms with van der Waals surface area (Å²) in [6.07, 6.45) is 1.67. The van der Waals surface area contributed by atoms with E-state index in [1.54, 1.807) is 49.0 Å².